The second kappa shape index (κ2) is 7.26. The number of thiophene rings is 1. The Hall–Kier alpha value is -0.830. The van der Waals surface area contributed by atoms with Crippen molar-refractivity contribution in [1.29, 1.82) is 0 Å². The lowest BCUT2D eigenvalue weighted by atomic mass is 10.1. The first kappa shape index (κ1) is 15.6. The molecular weight excluding hydrogens is 286 g/mol. The molecule has 1 aromatic carbocycles. The summed E-state index contributed by atoms with van der Waals surface area (Å²) < 4.78 is 0. The summed E-state index contributed by atoms with van der Waals surface area (Å²) in [5.74, 6) is 0. The van der Waals surface area contributed by atoms with E-state index in [1.807, 2.05) is 17.4 Å². The van der Waals surface area contributed by atoms with Gasteiger partial charge in [0, 0.05) is 26.4 Å². The molecule has 1 heterocycles. The maximum Gasteiger partial charge on any atom is 0.0495 e. The Bertz CT molecular complexity index is 562. The summed E-state index contributed by atoms with van der Waals surface area (Å²) in [6.45, 7) is 7.56. The number of hydrogen-bond donors (Lipinski definition) is 1. The summed E-state index contributed by atoms with van der Waals surface area (Å²) >= 11 is 8.20. The van der Waals surface area contributed by atoms with E-state index >= 15 is 0 Å². The van der Waals surface area contributed by atoms with Crippen LogP contribution in [0.15, 0.2) is 30.3 Å². The molecule has 1 unspecified atom stereocenters. The van der Waals surface area contributed by atoms with E-state index in [2.05, 4.69) is 50.4 Å². The van der Waals surface area contributed by atoms with E-state index in [0.29, 0.717) is 6.04 Å². The van der Waals surface area contributed by atoms with E-state index in [1.165, 1.54) is 21.7 Å². The third-order valence-electron chi connectivity index (χ3n) is 3.41. The van der Waals surface area contributed by atoms with Gasteiger partial charge in [0.1, 0.15) is 0 Å². The third kappa shape index (κ3) is 3.63. The van der Waals surface area contributed by atoms with Crippen LogP contribution in [-0.2, 0) is 0 Å². The molecular formula is C17H22ClNS. The lowest BCUT2D eigenvalue weighted by Gasteiger charge is -2.14. The molecule has 0 aliphatic heterocycles. The lowest BCUT2D eigenvalue weighted by molar-refractivity contribution is 0.525. The topological polar surface area (TPSA) is 12.0 Å². The third-order valence-corrected chi connectivity index (χ3v) is 4.95. The molecule has 3 heteroatoms. The van der Waals surface area contributed by atoms with Crippen molar-refractivity contribution >= 4 is 22.9 Å². The number of halogens is 1. The molecule has 0 saturated carbocycles. The van der Waals surface area contributed by atoms with Crippen LogP contribution >= 0.6 is 22.9 Å². The molecule has 0 aliphatic carbocycles. The Balaban J connectivity index is 2.23. The maximum absolute atomic E-state index is 6.36. The number of benzene rings is 1. The SMILES string of the molecule is CCCNC(CC)c1ccc(-c2ccc(C)cc2Cl)s1. The average molecular weight is 308 g/mol. The fourth-order valence-electron chi connectivity index (χ4n) is 2.27. The molecule has 2 aromatic rings. The second-order valence-corrected chi connectivity index (χ2v) is 6.62. The van der Waals surface area contributed by atoms with Gasteiger partial charge >= 0.3 is 0 Å². The van der Waals surface area contributed by atoms with Gasteiger partial charge in [0.2, 0.25) is 0 Å². The zero-order chi connectivity index (χ0) is 14.5. The summed E-state index contributed by atoms with van der Waals surface area (Å²) in [4.78, 5) is 2.65. The van der Waals surface area contributed by atoms with Gasteiger partial charge in [-0.15, -0.1) is 11.3 Å². The molecule has 1 aromatic heterocycles. The van der Waals surface area contributed by atoms with Crippen LogP contribution in [0.2, 0.25) is 5.02 Å². The van der Waals surface area contributed by atoms with Gasteiger partial charge in [-0.2, -0.15) is 0 Å². The van der Waals surface area contributed by atoms with Crippen LogP contribution in [0.25, 0.3) is 10.4 Å². The van der Waals surface area contributed by atoms with Crippen molar-refractivity contribution in [2.45, 2.75) is 39.7 Å². The Morgan fingerprint density at radius 3 is 2.65 bits per heavy atom. The molecule has 1 nitrogen and oxygen atoms in total. The van der Waals surface area contributed by atoms with Crippen LogP contribution in [0.4, 0.5) is 0 Å². The summed E-state index contributed by atoms with van der Waals surface area (Å²) in [6.07, 6.45) is 2.28. The smallest absolute Gasteiger partial charge is 0.0495 e. The van der Waals surface area contributed by atoms with Crippen molar-refractivity contribution in [2.75, 3.05) is 6.54 Å². The summed E-state index contributed by atoms with van der Waals surface area (Å²) in [6, 6.07) is 11.1. The van der Waals surface area contributed by atoms with E-state index in [-0.39, 0.29) is 0 Å². The predicted octanol–water partition coefficient (Wildman–Crippen LogP) is 5.83. The molecule has 0 saturated heterocycles. The van der Waals surface area contributed by atoms with Crippen molar-refractivity contribution in [1.82, 2.24) is 5.32 Å². The van der Waals surface area contributed by atoms with Crippen LogP contribution in [0.1, 0.15) is 43.2 Å². The van der Waals surface area contributed by atoms with Crippen LogP contribution < -0.4 is 5.32 Å². The Kier molecular flexibility index (Phi) is 5.64. The summed E-state index contributed by atoms with van der Waals surface area (Å²) in [5.41, 5.74) is 2.34. The van der Waals surface area contributed by atoms with E-state index < -0.39 is 0 Å². The van der Waals surface area contributed by atoms with Gasteiger partial charge in [0.15, 0.2) is 0 Å². The van der Waals surface area contributed by atoms with Gasteiger partial charge in [-0.3, -0.25) is 0 Å². The molecule has 108 valence electrons. The molecule has 0 fully saturated rings. The maximum atomic E-state index is 6.36. The highest BCUT2D eigenvalue weighted by molar-refractivity contribution is 7.15. The minimum atomic E-state index is 0.456. The average Bonchev–Trinajstić information content (AvgIpc) is 2.89. The van der Waals surface area contributed by atoms with Crippen LogP contribution in [0.3, 0.4) is 0 Å². The number of nitrogens with one attached hydrogen (secondary N) is 1. The van der Waals surface area contributed by atoms with Gasteiger partial charge in [-0.05, 0) is 50.1 Å². The Morgan fingerprint density at radius 1 is 1.20 bits per heavy atom. The molecule has 0 bridgehead atoms. The first-order chi connectivity index (χ1) is 9.65. The van der Waals surface area contributed by atoms with Crippen molar-refractivity contribution < 1.29 is 0 Å². The zero-order valence-electron chi connectivity index (χ0n) is 12.4. The van der Waals surface area contributed by atoms with Crippen molar-refractivity contribution in [3.8, 4) is 10.4 Å². The fourth-order valence-corrected chi connectivity index (χ4v) is 3.87. The fraction of sp³-hybridized carbons (Fsp3) is 0.412. The second-order valence-electron chi connectivity index (χ2n) is 5.10. The van der Waals surface area contributed by atoms with Gasteiger partial charge in [0.05, 0.1) is 0 Å². The molecule has 1 atom stereocenters. The quantitative estimate of drug-likeness (QED) is 0.708. The Morgan fingerprint density at radius 2 is 2.00 bits per heavy atom. The highest BCUT2D eigenvalue weighted by Gasteiger charge is 2.13. The molecule has 0 aliphatic rings. The largest absolute Gasteiger partial charge is 0.309 e. The van der Waals surface area contributed by atoms with E-state index in [4.69, 9.17) is 11.6 Å². The first-order valence-corrected chi connectivity index (χ1v) is 8.44. The van der Waals surface area contributed by atoms with Gasteiger partial charge in [-0.25, -0.2) is 0 Å². The van der Waals surface area contributed by atoms with Crippen LogP contribution in [-0.4, -0.2) is 6.54 Å². The normalized spacial score (nSPS) is 12.6. The highest BCUT2D eigenvalue weighted by Crippen LogP contribution is 2.36. The van der Waals surface area contributed by atoms with Crippen molar-refractivity contribution in [3.05, 3.63) is 45.8 Å². The summed E-state index contributed by atoms with van der Waals surface area (Å²) in [5, 5.41) is 4.44. The minimum Gasteiger partial charge on any atom is -0.309 e. The van der Waals surface area contributed by atoms with Gasteiger partial charge in [0.25, 0.3) is 0 Å². The van der Waals surface area contributed by atoms with Crippen LogP contribution in [0.5, 0.6) is 0 Å². The van der Waals surface area contributed by atoms with Crippen molar-refractivity contribution in [3.63, 3.8) is 0 Å². The van der Waals surface area contributed by atoms with Crippen molar-refractivity contribution in [2.24, 2.45) is 0 Å². The van der Waals surface area contributed by atoms with Crippen LogP contribution in [0, 0.1) is 6.92 Å². The predicted molar refractivity (Wildman–Crippen MR) is 90.8 cm³/mol. The molecule has 0 amide bonds. The molecule has 1 N–H and O–H groups in total. The number of aryl methyl sites for hydroxylation is 1. The molecule has 2 rings (SSSR count). The van der Waals surface area contributed by atoms with E-state index in [1.54, 1.807) is 0 Å². The van der Waals surface area contributed by atoms with Gasteiger partial charge in [-0.1, -0.05) is 37.6 Å². The number of rotatable bonds is 6. The summed E-state index contributed by atoms with van der Waals surface area (Å²) in [7, 11) is 0. The standard InChI is InChI=1S/C17H22ClNS/c1-4-10-19-15(5-2)17-9-8-16(20-17)13-7-6-12(3)11-14(13)18/h6-9,11,15,19H,4-5,10H2,1-3H3. The number of hydrogen-bond acceptors (Lipinski definition) is 2. The first-order valence-electron chi connectivity index (χ1n) is 7.25. The Labute approximate surface area is 131 Å². The highest BCUT2D eigenvalue weighted by atomic mass is 35.5. The molecule has 0 radical (unpaired) electrons. The lowest BCUT2D eigenvalue weighted by Crippen LogP contribution is -2.20. The molecule has 0 spiro atoms. The van der Waals surface area contributed by atoms with E-state index in [0.717, 1.165) is 23.6 Å². The zero-order valence-corrected chi connectivity index (χ0v) is 13.9. The monoisotopic (exact) mass is 307 g/mol. The minimum absolute atomic E-state index is 0.456. The molecule has 20 heavy (non-hydrogen) atoms. The van der Waals surface area contributed by atoms with Gasteiger partial charge < -0.3 is 5.32 Å². The van der Waals surface area contributed by atoms with E-state index in [9.17, 15) is 0 Å².